The summed E-state index contributed by atoms with van der Waals surface area (Å²) < 4.78 is 0. The van der Waals surface area contributed by atoms with Crippen molar-refractivity contribution in [2.24, 2.45) is 0 Å². The van der Waals surface area contributed by atoms with E-state index >= 15 is 0 Å². The molecule has 0 aliphatic carbocycles. The van der Waals surface area contributed by atoms with Gasteiger partial charge in [-0.2, -0.15) is 5.06 Å². The summed E-state index contributed by atoms with van der Waals surface area (Å²) in [7, 11) is 0. The molecule has 0 saturated heterocycles. The Morgan fingerprint density at radius 2 is 1.88 bits per heavy atom. The van der Waals surface area contributed by atoms with Crippen LogP contribution >= 0.6 is 11.6 Å². The Kier molecular flexibility index (Phi) is 4.33. The highest BCUT2D eigenvalue weighted by Gasteiger charge is 2.23. The maximum Gasteiger partial charge on any atom is 0.0954 e. The number of rotatable bonds is 3. The second-order valence-electron chi connectivity index (χ2n) is 4.79. The highest BCUT2D eigenvalue weighted by molar-refractivity contribution is 6.31. The van der Waals surface area contributed by atoms with Crippen molar-refractivity contribution in [3.8, 4) is 0 Å². The Hall–Kier alpha value is -0.610. The molecule has 0 radical (unpaired) electrons. The third-order valence-electron chi connectivity index (χ3n) is 2.38. The lowest BCUT2D eigenvalue weighted by Crippen LogP contribution is -2.41. The van der Waals surface area contributed by atoms with E-state index in [1.54, 1.807) is 18.2 Å². The van der Waals surface area contributed by atoms with E-state index in [0.29, 0.717) is 10.6 Å². The van der Waals surface area contributed by atoms with E-state index in [4.69, 9.17) is 11.6 Å². The van der Waals surface area contributed by atoms with Crippen LogP contribution in [0, 0.1) is 0 Å². The zero-order chi connectivity index (χ0) is 12.3. The number of aliphatic hydroxyl groups excluding tert-OH is 1. The molecule has 0 aliphatic heterocycles. The summed E-state index contributed by atoms with van der Waals surface area (Å²) in [6.07, 6.45) is -0.794. The maximum atomic E-state index is 9.95. The van der Waals surface area contributed by atoms with E-state index in [0.717, 1.165) is 5.06 Å². The second kappa shape index (κ2) is 5.15. The molecule has 90 valence electrons. The fraction of sp³-hybridized carbons (Fsp3) is 0.500. The first-order valence-corrected chi connectivity index (χ1v) is 5.59. The minimum atomic E-state index is -0.794. The molecule has 0 amide bonds. The topological polar surface area (TPSA) is 43.7 Å². The van der Waals surface area contributed by atoms with Crippen LogP contribution < -0.4 is 0 Å². The van der Waals surface area contributed by atoms with Gasteiger partial charge in [-0.1, -0.05) is 29.8 Å². The lowest BCUT2D eigenvalue weighted by molar-refractivity contribution is -0.172. The predicted molar refractivity (Wildman–Crippen MR) is 64.7 cm³/mol. The summed E-state index contributed by atoms with van der Waals surface area (Å²) in [6, 6.07) is 7.09. The summed E-state index contributed by atoms with van der Waals surface area (Å²) in [5.41, 5.74) is 0.231. The normalized spacial score (nSPS) is 14.2. The van der Waals surface area contributed by atoms with E-state index in [2.05, 4.69) is 0 Å². The number of benzene rings is 1. The first kappa shape index (κ1) is 13.5. The number of aliphatic hydroxyl groups is 1. The van der Waals surface area contributed by atoms with E-state index in [9.17, 15) is 10.3 Å². The molecule has 1 rings (SSSR count). The number of halogens is 1. The fourth-order valence-electron chi connectivity index (χ4n) is 1.28. The Morgan fingerprint density at radius 3 is 2.38 bits per heavy atom. The molecule has 0 saturated carbocycles. The van der Waals surface area contributed by atoms with Gasteiger partial charge in [-0.3, -0.25) is 0 Å². The molecule has 3 nitrogen and oxygen atoms in total. The summed E-state index contributed by atoms with van der Waals surface area (Å²) in [5, 5.41) is 21.3. The van der Waals surface area contributed by atoms with Crippen LogP contribution in [0.25, 0.3) is 0 Å². The molecule has 0 aliphatic rings. The van der Waals surface area contributed by atoms with Crippen LogP contribution in [0.3, 0.4) is 0 Å². The van der Waals surface area contributed by atoms with Crippen LogP contribution in [0.15, 0.2) is 24.3 Å². The van der Waals surface area contributed by atoms with Gasteiger partial charge in [0.15, 0.2) is 0 Å². The van der Waals surface area contributed by atoms with Crippen molar-refractivity contribution in [2.45, 2.75) is 32.4 Å². The quantitative estimate of drug-likeness (QED) is 0.803. The Bertz CT molecular complexity index is 349. The third kappa shape index (κ3) is 3.46. The molecular formula is C12H18ClNO2. The van der Waals surface area contributed by atoms with Crippen molar-refractivity contribution in [3.63, 3.8) is 0 Å². The number of hydroxylamine groups is 2. The average Bonchev–Trinajstić information content (AvgIpc) is 2.16. The molecule has 4 heteroatoms. The molecule has 0 heterocycles. The SMILES string of the molecule is CC(C)(C)N(O)CC(O)c1ccccc1Cl. The molecule has 0 bridgehead atoms. The van der Waals surface area contributed by atoms with Crippen LogP contribution in [0.2, 0.25) is 5.02 Å². The number of β-amino-alcohol motifs (C(OH)–C–C–N with tert-alkyl or cyclic N) is 1. The molecule has 0 aromatic heterocycles. The Balaban J connectivity index is 2.73. The van der Waals surface area contributed by atoms with E-state index in [1.165, 1.54) is 0 Å². The summed E-state index contributed by atoms with van der Waals surface area (Å²) in [5.74, 6) is 0. The van der Waals surface area contributed by atoms with Crippen molar-refractivity contribution >= 4 is 11.6 Å². The second-order valence-corrected chi connectivity index (χ2v) is 5.20. The molecular weight excluding hydrogens is 226 g/mol. The van der Waals surface area contributed by atoms with Crippen molar-refractivity contribution in [3.05, 3.63) is 34.9 Å². The zero-order valence-corrected chi connectivity index (χ0v) is 10.6. The van der Waals surface area contributed by atoms with E-state index in [-0.39, 0.29) is 6.54 Å². The largest absolute Gasteiger partial charge is 0.387 e. The molecule has 0 spiro atoms. The predicted octanol–water partition coefficient (Wildman–Crippen LogP) is 2.86. The first-order valence-electron chi connectivity index (χ1n) is 5.21. The van der Waals surface area contributed by atoms with Gasteiger partial charge in [-0.05, 0) is 26.8 Å². The van der Waals surface area contributed by atoms with Crippen LogP contribution in [0.5, 0.6) is 0 Å². The van der Waals surface area contributed by atoms with Crippen molar-refractivity contribution in [1.29, 1.82) is 0 Å². The third-order valence-corrected chi connectivity index (χ3v) is 2.73. The van der Waals surface area contributed by atoms with E-state index < -0.39 is 11.6 Å². The van der Waals surface area contributed by atoms with Gasteiger partial charge in [0, 0.05) is 16.1 Å². The number of nitrogens with zero attached hydrogens (tertiary/aromatic N) is 1. The molecule has 1 aromatic rings. The summed E-state index contributed by atoms with van der Waals surface area (Å²) in [4.78, 5) is 0. The summed E-state index contributed by atoms with van der Waals surface area (Å²) >= 11 is 5.96. The van der Waals surface area contributed by atoms with Gasteiger partial charge in [0.05, 0.1) is 12.6 Å². The monoisotopic (exact) mass is 243 g/mol. The number of hydrogen-bond donors (Lipinski definition) is 2. The standard InChI is InChI=1S/C12H18ClNO2/c1-12(2,3)14(16)8-11(15)9-6-4-5-7-10(9)13/h4-7,11,15-16H,8H2,1-3H3. The van der Waals surface area contributed by atoms with Crippen molar-refractivity contribution < 1.29 is 10.3 Å². The molecule has 0 fully saturated rings. The summed E-state index contributed by atoms with van der Waals surface area (Å²) in [6.45, 7) is 5.73. The zero-order valence-electron chi connectivity index (χ0n) is 9.81. The molecule has 2 N–H and O–H groups in total. The molecule has 1 aromatic carbocycles. The van der Waals surface area contributed by atoms with E-state index in [1.807, 2.05) is 26.8 Å². The highest BCUT2D eigenvalue weighted by Crippen LogP contribution is 2.24. The van der Waals surface area contributed by atoms with Crippen LogP contribution in [0.1, 0.15) is 32.4 Å². The fourth-order valence-corrected chi connectivity index (χ4v) is 1.54. The van der Waals surface area contributed by atoms with Crippen molar-refractivity contribution in [1.82, 2.24) is 5.06 Å². The lowest BCUT2D eigenvalue weighted by atomic mass is 10.1. The van der Waals surface area contributed by atoms with Gasteiger partial charge in [0.25, 0.3) is 0 Å². The molecule has 16 heavy (non-hydrogen) atoms. The minimum absolute atomic E-state index is 0.132. The smallest absolute Gasteiger partial charge is 0.0954 e. The van der Waals surface area contributed by atoms with Gasteiger partial charge in [-0.25, -0.2) is 0 Å². The molecule has 1 atom stereocenters. The van der Waals surface area contributed by atoms with Crippen LogP contribution in [0.4, 0.5) is 0 Å². The van der Waals surface area contributed by atoms with Gasteiger partial charge in [0.1, 0.15) is 0 Å². The minimum Gasteiger partial charge on any atom is -0.387 e. The van der Waals surface area contributed by atoms with Crippen LogP contribution in [-0.4, -0.2) is 27.5 Å². The molecule has 1 unspecified atom stereocenters. The van der Waals surface area contributed by atoms with Crippen LogP contribution in [-0.2, 0) is 0 Å². The average molecular weight is 244 g/mol. The van der Waals surface area contributed by atoms with Gasteiger partial charge in [-0.15, -0.1) is 0 Å². The van der Waals surface area contributed by atoms with Crippen molar-refractivity contribution in [2.75, 3.05) is 6.54 Å². The first-order chi connectivity index (χ1) is 7.32. The lowest BCUT2D eigenvalue weighted by Gasteiger charge is -2.31. The maximum absolute atomic E-state index is 9.95. The van der Waals surface area contributed by atoms with Gasteiger partial charge < -0.3 is 10.3 Å². The van der Waals surface area contributed by atoms with Gasteiger partial charge in [0.2, 0.25) is 0 Å². The van der Waals surface area contributed by atoms with Gasteiger partial charge >= 0.3 is 0 Å². The highest BCUT2D eigenvalue weighted by atomic mass is 35.5. The number of hydrogen-bond acceptors (Lipinski definition) is 3. The Morgan fingerprint density at radius 1 is 1.31 bits per heavy atom. The Labute approximate surface area is 101 Å².